The molecule has 70 valence electrons. The number of hydrogen-bond acceptors (Lipinski definition) is 0. The highest BCUT2D eigenvalue weighted by Crippen LogP contribution is 2.05. The van der Waals surface area contributed by atoms with Crippen LogP contribution in [0, 0.1) is 24.2 Å². The van der Waals surface area contributed by atoms with Crippen LogP contribution in [0.4, 0.5) is 0 Å². The summed E-state index contributed by atoms with van der Waals surface area (Å²) in [6, 6.07) is 7.79. The molecule has 0 atom stereocenters. The normalized spacial score (nSPS) is 8.57. The average molecular weight is 182 g/mol. The Balaban J connectivity index is 2.74. The second-order valence-electron chi connectivity index (χ2n) is 3.10. The minimum Gasteiger partial charge on any atom is -0.115 e. The maximum Gasteiger partial charge on any atom is 0.0401 e. The van der Waals surface area contributed by atoms with Gasteiger partial charge < -0.3 is 0 Å². The van der Waals surface area contributed by atoms with Crippen LogP contribution in [0.25, 0.3) is 0 Å². The molecule has 14 heavy (non-hydrogen) atoms. The molecule has 0 fully saturated rings. The van der Waals surface area contributed by atoms with E-state index in [-0.39, 0.29) is 0 Å². The Kier molecular flexibility index (Phi) is 4.39. The summed E-state index contributed by atoms with van der Waals surface area (Å²) < 4.78 is 0. The first-order valence-corrected chi connectivity index (χ1v) is 4.93. The van der Waals surface area contributed by atoms with E-state index in [1.165, 1.54) is 6.42 Å². The summed E-state index contributed by atoms with van der Waals surface area (Å²) in [5.74, 6) is 8.87. The minimum absolute atomic E-state index is 0.886. The number of unbranched alkanes of at least 4 members (excludes halogenated alkanes) is 2. The maximum atomic E-state index is 5.36. The van der Waals surface area contributed by atoms with Gasteiger partial charge in [0.15, 0.2) is 0 Å². The monoisotopic (exact) mass is 182 g/mol. The molecule has 1 aromatic rings. The van der Waals surface area contributed by atoms with E-state index in [9.17, 15) is 0 Å². The molecule has 0 nitrogen and oxygen atoms in total. The van der Waals surface area contributed by atoms with Crippen LogP contribution >= 0.6 is 0 Å². The van der Waals surface area contributed by atoms with E-state index in [4.69, 9.17) is 6.42 Å². The highest BCUT2D eigenvalue weighted by Gasteiger charge is 1.92. The first-order chi connectivity index (χ1) is 6.88. The smallest absolute Gasteiger partial charge is 0.0401 e. The standard InChI is InChI=1S/C14H14/c1-3-5-6-7-11-14-12-9-8-10-13(14)4-2/h2,8-10,12H,3,5-6H2,1H3. The first-order valence-electron chi connectivity index (χ1n) is 4.93. The summed E-state index contributed by atoms with van der Waals surface area (Å²) in [5, 5.41) is 0. The Morgan fingerprint density at radius 3 is 2.57 bits per heavy atom. The van der Waals surface area contributed by atoms with E-state index in [1.54, 1.807) is 0 Å². The van der Waals surface area contributed by atoms with Crippen molar-refractivity contribution in [2.24, 2.45) is 0 Å². The van der Waals surface area contributed by atoms with Crippen molar-refractivity contribution in [1.82, 2.24) is 0 Å². The fourth-order valence-electron chi connectivity index (χ4n) is 1.14. The van der Waals surface area contributed by atoms with Gasteiger partial charge in [-0.3, -0.25) is 0 Å². The Labute approximate surface area is 86.3 Å². The maximum absolute atomic E-state index is 5.36. The van der Waals surface area contributed by atoms with Crippen molar-refractivity contribution >= 4 is 0 Å². The second kappa shape index (κ2) is 5.90. The van der Waals surface area contributed by atoms with Gasteiger partial charge in [0.2, 0.25) is 0 Å². The fourth-order valence-corrected chi connectivity index (χ4v) is 1.14. The summed E-state index contributed by atoms with van der Waals surface area (Å²) in [6.07, 6.45) is 8.66. The second-order valence-corrected chi connectivity index (χ2v) is 3.10. The Bertz CT molecular complexity index is 382. The molecule has 0 saturated carbocycles. The van der Waals surface area contributed by atoms with Crippen molar-refractivity contribution in [2.75, 3.05) is 0 Å². The third-order valence-corrected chi connectivity index (χ3v) is 1.96. The van der Waals surface area contributed by atoms with Crippen LogP contribution < -0.4 is 0 Å². The van der Waals surface area contributed by atoms with Gasteiger partial charge in [-0.1, -0.05) is 43.2 Å². The molecule has 1 rings (SSSR count). The molecular weight excluding hydrogens is 168 g/mol. The third kappa shape index (κ3) is 3.00. The Hall–Kier alpha value is -1.66. The molecule has 1 aromatic carbocycles. The summed E-state index contributed by atoms with van der Waals surface area (Å²) in [6.45, 7) is 2.16. The molecule has 0 amide bonds. The van der Waals surface area contributed by atoms with E-state index < -0.39 is 0 Å². The molecule has 0 spiro atoms. The van der Waals surface area contributed by atoms with Crippen LogP contribution in [0.2, 0.25) is 0 Å². The number of rotatable bonds is 2. The topological polar surface area (TPSA) is 0 Å². The summed E-state index contributed by atoms with van der Waals surface area (Å²) >= 11 is 0. The van der Waals surface area contributed by atoms with Crippen molar-refractivity contribution in [2.45, 2.75) is 26.2 Å². The zero-order valence-electron chi connectivity index (χ0n) is 8.51. The van der Waals surface area contributed by atoms with Gasteiger partial charge in [-0.25, -0.2) is 0 Å². The van der Waals surface area contributed by atoms with Crippen molar-refractivity contribution in [3.8, 4) is 24.2 Å². The van der Waals surface area contributed by atoms with E-state index in [2.05, 4.69) is 24.7 Å². The van der Waals surface area contributed by atoms with E-state index in [1.807, 2.05) is 24.3 Å². The molecule has 0 saturated heterocycles. The zero-order valence-corrected chi connectivity index (χ0v) is 8.51. The molecule has 0 aliphatic rings. The van der Waals surface area contributed by atoms with E-state index in [0.717, 1.165) is 24.0 Å². The Morgan fingerprint density at radius 2 is 1.93 bits per heavy atom. The molecule has 0 radical (unpaired) electrons. The van der Waals surface area contributed by atoms with Crippen LogP contribution in [0.5, 0.6) is 0 Å². The molecular formula is C14H14. The third-order valence-electron chi connectivity index (χ3n) is 1.96. The lowest BCUT2D eigenvalue weighted by molar-refractivity contribution is 0.828. The van der Waals surface area contributed by atoms with E-state index in [0.29, 0.717) is 0 Å². The van der Waals surface area contributed by atoms with Crippen LogP contribution in [0.3, 0.4) is 0 Å². The van der Waals surface area contributed by atoms with Gasteiger partial charge in [-0.15, -0.1) is 6.42 Å². The lowest BCUT2D eigenvalue weighted by Gasteiger charge is -1.93. The Morgan fingerprint density at radius 1 is 1.21 bits per heavy atom. The van der Waals surface area contributed by atoms with Crippen molar-refractivity contribution < 1.29 is 0 Å². The predicted molar refractivity (Wildman–Crippen MR) is 60.8 cm³/mol. The van der Waals surface area contributed by atoms with Crippen LogP contribution in [-0.4, -0.2) is 0 Å². The fraction of sp³-hybridized carbons (Fsp3) is 0.286. The highest BCUT2D eigenvalue weighted by molar-refractivity contribution is 5.48. The summed E-state index contributed by atoms with van der Waals surface area (Å²) in [4.78, 5) is 0. The van der Waals surface area contributed by atoms with Gasteiger partial charge in [0.25, 0.3) is 0 Å². The predicted octanol–water partition coefficient (Wildman–Crippen LogP) is 3.21. The minimum atomic E-state index is 0.886. The van der Waals surface area contributed by atoms with Gasteiger partial charge in [-0.2, -0.15) is 0 Å². The summed E-state index contributed by atoms with van der Waals surface area (Å²) in [7, 11) is 0. The largest absolute Gasteiger partial charge is 0.115 e. The van der Waals surface area contributed by atoms with Crippen LogP contribution in [0.15, 0.2) is 24.3 Å². The van der Waals surface area contributed by atoms with Gasteiger partial charge in [0.05, 0.1) is 0 Å². The summed E-state index contributed by atoms with van der Waals surface area (Å²) in [5.41, 5.74) is 1.85. The van der Waals surface area contributed by atoms with E-state index >= 15 is 0 Å². The van der Waals surface area contributed by atoms with Crippen molar-refractivity contribution in [3.05, 3.63) is 35.4 Å². The van der Waals surface area contributed by atoms with Gasteiger partial charge in [0, 0.05) is 17.5 Å². The van der Waals surface area contributed by atoms with Gasteiger partial charge in [-0.05, 0) is 18.6 Å². The molecule has 0 aliphatic carbocycles. The number of hydrogen-bond donors (Lipinski definition) is 0. The molecule has 0 unspecified atom stereocenters. The van der Waals surface area contributed by atoms with Crippen LogP contribution in [-0.2, 0) is 0 Å². The quantitative estimate of drug-likeness (QED) is 0.486. The molecule has 0 aliphatic heterocycles. The lowest BCUT2D eigenvalue weighted by Crippen LogP contribution is -1.81. The lowest BCUT2D eigenvalue weighted by atomic mass is 10.1. The van der Waals surface area contributed by atoms with Crippen LogP contribution in [0.1, 0.15) is 37.3 Å². The molecule has 0 bridgehead atoms. The van der Waals surface area contributed by atoms with Gasteiger partial charge in [0.1, 0.15) is 0 Å². The van der Waals surface area contributed by atoms with Crippen molar-refractivity contribution in [3.63, 3.8) is 0 Å². The number of benzene rings is 1. The molecule has 0 aromatic heterocycles. The first kappa shape index (κ1) is 10.4. The molecule has 0 N–H and O–H groups in total. The average Bonchev–Trinajstić information content (AvgIpc) is 2.25. The highest BCUT2D eigenvalue weighted by atomic mass is 13.9. The van der Waals surface area contributed by atoms with Gasteiger partial charge >= 0.3 is 0 Å². The SMILES string of the molecule is C#Cc1ccccc1C#CCCCC. The molecule has 0 heterocycles. The zero-order chi connectivity index (χ0) is 10.2. The van der Waals surface area contributed by atoms with Crippen molar-refractivity contribution in [1.29, 1.82) is 0 Å². The molecule has 0 heteroatoms. The number of terminal acetylenes is 1.